The van der Waals surface area contributed by atoms with Crippen LogP contribution in [0.5, 0.6) is 0 Å². The van der Waals surface area contributed by atoms with Gasteiger partial charge in [-0.2, -0.15) is 4.98 Å². The molecular formula is C12H11BrClFN4. The van der Waals surface area contributed by atoms with Gasteiger partial charge in [0.15, 0.2) is 5.82 Å². The minimum absolute atomic E-state index is 0.289. The molecule has 19 heavy (non-hydrogen) atoms. The first kappa shape index (κ1) is 14.0. The minimum atomic E-state index is -0.386. The smallest absolute Gasteiger partial charge is 0.224 e. The van der Waals surface area contributed by atoms with Crippen molar-refractivity contribution >= 4 is 45.0 Å². The second-order valence-corrected chi connectivity index (χ2v) is 4.99. The zero-order valence-electron chi connectivity index (χ0n) is 10.0. The lowest BCUT2D eigenvalue weighted by Crippen LogP contribution is -2.05. The molecule has 2 N–H and O–H groups in total. The van der Waals surface area contributed by atoms with Crippen LogP contribution in [-0.4, -0.2) is 16.5 Å². The number of halogens is 3. The van der Waals surface area contributed by atoms with Crippen LogP contribution in [-0.2, 0) is 0 Å². The van der Waals surface area contributed by atoms with Crippen LogP contribution >= 0.6 is 27.5 Å². The highest BCUT2D eigenvalue weighted by atomic mass is 79.9. The Balaban J connectivity index is 2.31. The summed E-state index contributed by atoms with van der Waals surface area (Å²) in [5, 5.41) is 6.14. The minimum Gasteiger partial charge on any atom is -0.354 e. The molecule has 0 amide bonds. The highest BCUT2D eigenvalue weighted by Gasteiger charge is 2.09. The summed E-state index contributed by atoms with van der Waals surface area (Å²) >= 11 is 9.27. The third-order valence-corrected chi connectivity index (χ3v) is 3.03. The van der Waals surface area contributed by atoms with E-state index >= 15 is 0 Å². The van der Waals surface area contributed by atoms with Crippen LogP contribution in [0.1, 0.15) is 6.92 Å². The van der Waals surface area contributed by atoms with Gasteiger partial charge in [-0.25, -0.2) is 9.37 Å². The zero-order chi connectivity index (χ0) is 13.8. The molecule has 4 nitrogen and oxygen atoms in total. The summed E-state index contributed by atoms with van der Waals surface area (Å²) in [7, 11) is 0. The molecular weight excluding hydrogens is 335 g/mol. The Kier molecular flexibility index (Phi) is 4.55. The molecule has 7 heteroatoms. The van der Waals surface area contributed by atoms with Gasteiger partial charge in [-0.1, -0.05) is 27.5 Å². The molecule has 2 rings (SSSR count). The van der Waals surface area contributed by atoms with Crippen LogP contribution in [0.25, 0.3) is 0 Å². The van der Waals surface area contributed by atoms with E-state index in [9.17, 15) is 4.39 Å². The average Bonchev–Trinajstić information content (AvgIpc) is 2.38. The van der Waals surface area contributed by atoms with Gasteiger partial charge >= 0.3 is 0 Å². The van der Waals surface area contributed by atoms with Crippen LogP contribution in [0, 0.1) is 5.82 Å². The first-order valence-electron chi connectivity index (χ1n) is 5.58. The Hall–Kier alpha value is -1.40. The second-order valence-electron chi connectivity index (χ2n) is 3.67. The van der Waals surface area contributed by atoms with Crippen molar-refractivity contribution in [3.8, 4) is 0 Å². The fraction of sp³-hybridized carbons (Fsp3) is 0.167. The molecule has 0 aliphatic rings. The van der Waals surface area contributed by atoms with E-state index in [1.807, 2.05) is 6.92 Å². The van der Waals surface area contributed by atoms with Crippen molar-refractivity contribution in [1.29, 1.82) is 0 Å². The summed E-state index contributed by atoms with van der Waals surface area (Å²) in [4.78, 5) is 8.19. The maximum Gasteiger partial charge on any atom is 0.224 e. The number of hydrogen-bond donors (Lipinski definition) is 2. The van der Waals surface area contributed by atoms with Gasteiger partial charge in [0.2, 0.25) is 5.95 Å². The standard InChI is InChI=1S/C12H11BrClFN4/c1-2-16-12-17-6-8(14)11(19-12)18-10-5-7(13)3-4-9(10)15/h3-6H,2H2,1H3,(H2,16,17,18,19). The Morgan fingerprint density at radius 1 is 1.42 bits per heavy atom. The average molecular weight is 346 g/mol. The molecule has 0 aliphatic heterocycles. The maximum atomic E-state index is 13.7. The van der Waals surface area contributed by atoms with Crippen molar-refractivity contribution in [2.24, 2.45) is 0 Å². The van der Waals surface area contributed by atoms with Gasteiger partial charge in [-0.05, 0) is 25.1 Å². The Labute approximate surface area is 123 Å². The zero-order valence-corrected chi connectivity index (χ0v) is 12.4. The van der Waals surface area contributed by atoms with Crippen LogP contribution in [0.15, 0.2) is 28.9 Å². The summed E-state index contributed by atoms with van der Waals surface area (Å²) in [5.41, 5.74) is 0.289. The fourth-order valence-electron chi connectivity index (χ4n) is 1.42. The monoisotopic (exact) mass is 344 g/mol. The van der Waals surface area contributed by atoms with Gasteiger partial charge in [0.25, 0.3) is 0 Å². The van der Waals surface area contributed by atoms with Gasteiger partial charge in [0.05, 0.1) is 11.9 Å². The summed E-state index contributed by atoms with van der Waals surface area (Å²) in [6, 6.07) is 4.58. The lowest BCUT2D eigenvalue weighted by atomic mass is 10.3. The predicted octanol–water partition coefficient (Wildman–Crippen LogP) is 4.21. The lowest BCUT2D eigenvalue weighted by molar-refractivity contribution is 0.631. The van der Waals surface area contributed by atoms with E-state index in [2.05, 4.69) is 36.5 Å². The molecule has 0 aliphatic carbocycles. The Bertz CT molecular complexity index is 594. The lowest BCUT2D eigenvalue weighted by Gasteiger charge is -2.10. The number of rotatable bonds is 4. The summed E-state index contributed by atoms with van der Waals surface area (Å²) in [5.74, 6) is 0.400. The molecule has 1 aromatic carbocycles. The third-order valence-electron chi connectivity index (χ3n) is 2.26. The van der Waals surface area contributed by atoms with Gasteiger partial charge in [0, 0.05) is 11.0 Å². The maximum absolute atomic E-state index is 13.7. The normalized spacial score (nSPS) is 10.3. The van der Waals surface area contributed by atoms with E-state index in [1.165, 1.54) is 12.3 Å². The third kappa shape index (κ3) is 3.54. The molecule has 2 aromatic rings. The Morgan fingerprint density at radius 2 is 2.21 bits per heavy atom. The van der Waals surface area contributed by atoms with E-state index in [-0.39, 0.29) is 11.5 Å². The molecule has 0 spiro atoms. The fourth-order valence-corrected chi connectivity index (χ4v) is 1.92. The largest absolute Gasteiger partial charge is 0.354 e. The number of benzene rings is 1. The molecule has 1 heterocycles. The molecule has 0 bridgehead atoms. The number of nitrogens with zero attached hydrogens (tertiary/aromatic N) is 2. The van der Waals surface area contributed by atoms with Crippen LogP contribution in [0.4, 0.5) is 21.8 Å². The first-order valence-corrected chi connectivity index (χ1v) is 6.75. The Morgan fingerprint density at radius 3 is 2.95 bits per heavy atom. The van der Waals surface area contributed by atoms with Crippen molar-refractivity contribution in [1.82, 2.24) is 9.97 Å². The SMILES string of the molecule is CCNc1ncc(Cl)c(Nc2cc(Br)ccc2F)n1. The summed E-state index contributed by atoms with van der Waals surface area (Å²) < 4.78 is 14.4. The van der Waals surface area contributed by atoms with Crippen LogP contribution in [0.2, 0.25) is 5.02 Å². The van der Waals surface area contributed by atoms with Gasteiger partial charge in [-0.3, -0.25) is 0 Å². The van der Waals surface area contributed by atoms with Crippen LogP contribution < -0.4 is 10.6 Å². The first-order chi connectivity index (χ1) is 9.10. The molecule has 1 aromatic heterocycles. The van der Waals surface area contributed by atoms with E-state index < -0.39 is 0 Å². The van der Waals surface area contributed by atoms with E-state index in [0.717, 1.165) is 4.47 Å². The summed E-state index contributed by atoms with van der Waals surface area (Å²) in [6.45, 7) is 2.62. The van der Waals surface area contributed by atoms with Crippen LogP contribution in [0.3, 0.4) is 0 Å². The highest BCUT2D eigenvalue weighted by molar-refractivity contribution is 9.10. The quantitative estimate of drug-likeness (QED) is 0.871. The molecule has 0 saturated carbocycles. The van der Waals surface area contributed by atoms with Gasteiger partial charge < -0.3 is 10.6 Å². The summed E-state index contributed by atoms with van der Waals surface area (Å²) in [6.07, 6.45) is 1.46. The van der Waals surface area contributed by atoms with Crippen molar-refractivity contribution in [2.45, 2.75) is 6.92 Å². The van der Waals surface area contributed by atoms with Crippen molar-refractivity contribution < 1.29 is 4.39 Å². The molecule has 0 saturated heterocycles. The van der Waals surface area contributed by atoms with Crippen molar-refractivity contribution in [3.05, 3.63) is 39.7 Å². The van der Waals surface area contributed by atoms with E-state index in [1.54, 1.807) is 12.1 Å². The van der Waals surface area contributed by atoms with E-state index in [0.29, 0.717) is 23.3 Å². The number of hydrogen-bond acceptors (Lipinski definition) is 4. The number of nitrogens with one attached hydrogen (secondary N) is 2. The molecule has 0 unspecified atom stereocenters. The van der Waals surface area contributed by atoms with Gasteiger partial charge in [-0.15, -0.1) is 0 Å². The molecule has 0 radical (unpaired) electrons. The predicted molar refractivity (Wildman–Crippen MR) is 78.6 cm³/mol. The molecule has 0 atom stereocenters. The number of anilines is 3. The van der Waals surface area contributed by atoms with E-state index in [4.69, 9.17) is 11.6 Å². The highest BCUT2D eigenvalue weighted by Crippen LogP contribution is 2.27. The molecule has 0 fully saturated rings. The molecule has 100 valence electrons. The van der Waals surface area contributed by atoms with Crippen molar-refractivity contribution in [3.63, 3.8) is 0 Å². The van der Waals surface area contributed by atoms with Crippen molar-refractivity contribution in [2.75, 3.05) is 17.2 Å². The number of aromatic nitrogens is 2. The topological polar surface area (TPSA) is 49.8 Å². The van der Waals surface area contributed by atoms with Gasteiger partial charge in [0.1, 0.15) is 10.8 Å². The second kappa shape index (κ2) is 6.16.